The van der Waals surface area contributed by atoms with Crippen molar-refractivity contribution in [2.75, 3.05) is 13.7 Å². The van der Waals surface area contributed by atoms with Crippen LogP contribution in [0.1, 0.15) is 6.92 Å². The second kappa shape index (κ2) is 7.05. The third kappa shape index (κ3) is 4.21. The Morgan fingerprint density at radius 1 is 1.72 bits per heavy atom. The lowest BCUT2D eigenvalue weighted by Gasteiger charge is -2.13. The largest absolute Gasteiger partial charge is 0.383 e. The molecule has 1 N–H and O–H groups in total. The second-order valence-corrected chi connectivity index (χ2v) is 5.14. The van der Waals surface area contributed by atoms with Gasteiger partial charge in [0.05, 0.1) is 12.9 Å². The fourth-order valence-corrected chi connectivity index (χ4v) is 1.90. The fourth-order valence-electron chi connectivity index (χ4n) is 1.32. The minimum atomic E-state index is -0.329. The summed E-state index contributed by atoms with van der Waals surface area (Å²) in [6.07, 6.45) is 1.26. The lowest BCUT2D eigenvalue weighted by Crippen LogP contribution is -2.39. The topological polar surface area (TPSA) is 73.2 Å². The van der Waals surface area contributed by atoms with Gasteiger partial charge in [-0.1, -0.05) is 11.6 Å². The molecule has 8 heteroatoms. The van der Waals surface area contributed by atoms with E-state index in [2.05, 4.69) is 10.3 Å². The Labute approximate surface area is 123 Å². The van der Waals surface area contributed by atoms with E-state index in [9.17, 15) is 9.59 Å². The van der Waals surface area contributed by atoms with Crippen LogP contribution in [0, 0.1) is 3.57 Å². The minimum Gasteiger partial charge on any atom is -0.383 e. The van der Waals surface area contributed by atoms with Crippen molar-refractivity contribution in [3.8, 4) is 0 Å². The molecule has 6 nitrogen and oxygen atoms in total. The Hall–Kier alpha value is -0.670. The van der Waals surface area contributed by atoms with Gasteiger partial charge in [-0.3, -0.25) is 14.2 Å². The maximum atomic E-state index is 11.8. The molecule has 0 aliphatic rings. The molecule has 0 saturated carbocycles. The molecule has 1 unspecified atom stereocenters. The van der Waals surface area contributed by atoms with Gasteiger partial charge in [-0.25, -0.2) is 4.98 Å². The summed E-state index contributed by atoms with van der Waals surface area (Å²) < 4.78 is 6.41. The molecule has 0 radical (unpaired) electrons. The van der Waals surface area contributed by atoms with Crippen LogP contribution in [0.5, 0.6) is 0 Å². The van der Waals surface area contributed by atoms with E-state index in [1.807, 2.05) is 6.92 Å². The van der Waals surface area contributed by atoms with Gasteiger partial charge in [0.25, 0.3) is 5.56 Å². The molecule has 0 bridgehead atoms. The third-order valence-electron chi connectivity index (χ3n) is 2.08. The van der Waals surface area contributed by atoms with Crippen molar-refractivity contribution in [3.63, 3.8) is 0 Å². The first-order valence-corrected chi connectivity index (χ1v) is 6.60. The summed E-state index contributed by atoms with van der Waals surface area (Å²) in [5.41, 5.74) is -0.329. The SMILES string of the molecule is COCC(C)NC(=O)Cn1cnc(Cl)c(I)c1=O. The molecule has 0 saturated heterocycles. The Morgan fingerprint density at radius 2 is 2.39 bits per heavy atom. The highest BCUT2D eigenvalue weighted by Gasteiger charge is 2.11. The van der Waals surface area contributed by atoms with Gasteiger partial charge in [0.15, 0.2) is 0 Å². The van der Waals surface area contributed by atoms with Crippen LogP contribution in [0.3, 0.4) is 0 Å². The number of carbonyl (C=O) groups is 1. The van der Waals surface area contributed by atoms with Crippen molar-refractivity contribution in [3.05, 3.63) is 25.4 Å². The Balaban J connectivity index is 2.71. The predicted octanol–water partition coefficient (Wildman–Crippen LogP) is 0.652. The molecule has 0 fully saturated rings. The number of nitrogens with one attached hydrogen (secondary N) is 1. The first-order chi connectivity index (χ1) is 8.45. The van der Waals surface area contributed by atoms with E-state index < -0.39 is 0 Å². The highest BCUT2D eigenvalue weighted by Crippen LogP contribution is 2.09. The van der Waals surface area contributed by atoms with Gasteiger partial charge in [-0.05, 0) is 29.5 Å². The van der Waals surface area contributed by atoms with Crippen LogP contribution in [0.25, 0.3) is 0 Å². The molecular formula is C10H13ClIN3O3. The molecule has 1 aromatic heterocycles. The van der Waals surface area contributed by atoms with Gasteiger partial charge in [-0.2, -0.15) is 0 Å². The van der Waals surface area contributed by atoms with E-state index in [0.29, 0.717) is 10.2 Å². The van der Waals surface area contributed by atoms with Crippen molar-refractivity contribution in [1.82, 2.24) is 14.9 Å². The summed E-state index contributed by atoms with van der Waals surface area (Å²) in [6.45, 7) is 2.14. The number of nitrogens with zero attached hydrogens (tertiary/aromatic N) is 2. The van der Waals surface area contributed by atoms with Crippen molar-refractivity contribution in [2.24, 2.45) is 0 Å². The molecule has 0 aliphatic carbocycles. The zero-order chi connectivity index (χ0) is 13.7. The average molecular weight is 386 g/mol. The molecule has 1 amide bonds. The van der Waals surface area contributed by atoms with E-state index in [1.54, 1.807) is 29.7 Å². The molecule has 0 spiro atoms. The van der Waals surface area contributed by atoms with Crippen molar-refractivity contribution in [2.45, 2.75) is 19.5 Å². The number of carbonyl (C=O) groups excluding carboxylic acids is 1. The summed E-state index contributed by atoms with van der Waals surface area (Å²) in [7, 11) is 1.55. The Bertz CT molecular complexity index is 492. The van der Waals surface area contributed by atoms with Crippen LogP contribution in [-0.2, 0) is 16.1 Å². The number of methoxy groups -OCH3 is 1. The maximum Gasteiger partial charge on any atom is 0.268 e. The maximum absolute atomic E-state index is 11.8. The molecule has 0 aromatic carbocycles. The molecular weight excluding hydrogens is 372 g/mol. The van der Waals surface area contributed by atoms with Gasteiger partial charge >= 0.3 is 0 Å². The number of hydrogen-bond acceptors (Lipinski definition) is 4. The monoisotopic (exact) mass is 385 g/mol. The van der Waals surface area contributed by atoms with Crippen molar-refractivity contribution >= 4 is 40.1 Å². The summed E-state index contributed by atoms with van der Waals surface area (Å²) in [5.74, 6) is -0.276. The number of halogens is 2. The summed E-state index contributed by atoms with van der Waals surface area (Å²) in [4.78, 5) is 27.2. The lowest BCUT2D eigenvalue weighted by molar-refractivity contribution is -0.122. The highest BCUT2D eigenvalue weighted by molar-refractivity contribution is 14.1. The van der Waals surface area contributed by atoms with E-state index in [1.165, 1.54) is 10.9 Å². The standard InChI is InChI=1S/C10H13ClIN3O3/c1-6(4-18-2)14-7(16)3-15-5-13-9(11)8(12)10(15)17/h5-6H,3-4H2,1-2H3,(H,14,16). The van der Waals surface area contributed by atoms with Crippen LogP contribution in [0.15, 0.2) is 11.1 Å². The van der Waals surface area contributed by atoms with E-state index >= 15 is 0 Å². The van der Waals surface area contributed by atoms with Crippen molar-refractivity contribution in [1.29, 1.82) is 0 Å². The third-order valence-corrected chi connectivity index (χ3v) is 3.66. The first-order valence-electron chi connectivity index (χ1n) is 5.14. The van der Waals surface area contributed by atoms with Gasteiger partial charge in [-0.15, -0.1) is 0 Å². The van der Waals surface area contributed by atoms with Crippen LogP contribution in [0.2, 0.25) is 5.15 Å². The van der Waals surface area contributed by atoms with Gasteiger partial charge in [0.2, 0.25) is 5.91 Å². The van der Waals surface area contributed by atoms with Crippen LogP contribution < -0.4 is 10.9 Å². The fraction of sp³-hybridized carbons (Fsp3) is 0.500. The van der Waals surface area contributed by atoms with Gasteiger partial charge in [0, 0.05) is 13.2 Å². The highest BCUT2D eigenvalue weighted by atomic mass is 127. The summed E-state index contributed by atoms with van der Waals surface area (Å²) >= 11 is 7.50. The quantitative estimate of drug-likeness (QED) is 0.597. The lowest BCUT2D eigenvalue weighted by atomic mass is 10.3. The van der Waals surface area contributed by atoms with Crippen LogP contribution in [-0.4, -0.2) is 35.2 Å². The Morgan fingerprint density at radius 3 is 3.00 bits per heavy atom. The molecule has 1 aromatic rings. The van der Waals surface area contributed by atoms with Gasteiger partial charge in [0.1, 0.15) is 15.3 Å². The zero-order valence-corrected chi connectivity index (χ0v) is 12.9. The van der Waals surface area contributed by atoms with Crippen LogP contribution >= 0.6 is 34.2 Å². The molecule has 18 heavy (non-hydrogen) atoms. The van der Waals surface area contributed by atoms with Crippen molar-refractivity contribution < 1.29 is 9.53 Å². The number of hydrogen-bond donors (Lipinski definition) is 1. The van der Waals surface area contributed by atoms with E-state index in [-0.39, 0.29) is 29.2 Å². The molecule has 1 rings (SSSR count). The number of aromatic nitrogens is 2. The van der Waals surface area contributed by atoms with Gasteiger partial charge < -0.3 is 10.1 Å². The minimum absolute atomic E-state index is 0.0902. The Kier molecular flexibility index (Phi) is 6.03. The van der Waals surface area contributed by atoms with Crippen LogP contribution in [0.4, 0.5) is 0 Å². The molecule has 100 valence electrons. The van der Waals surface area contributed by atoms with E-state index in [0.717, 1.165) is 0 Å². The average Bonchev–Trinajstić information content (AvgIpc) is 2.30. The second-order valence-electron chi connectivity index (χ2n) is 3.71. The summed E-state index contributed by atoms with van der Waals surface area (Å²) in [5, 5.41) is 2.85. The number of amides is 1. The number of rotatable bonds is 5. The molecule has 0 aliphatic heterocycles. The first kappa shape index (κ1) is 15.4. The predicted molar refractivity (Wildman–Crippen MR) is 75.7 cm³/mol. The van der Waals surface area contributed by atoms with E-state index in [4.69, 9.17) is 16.3 Å². The normalized spacial score (nSPS) is 12.2. The smallest absolute Gasteiger partial charge is 0.268 e. The zero-order valence-electron chi connectivity index (χ0n) is 9.94. The molecule has 1 heterocycles. The number of ether oxygens (including phenoxy) is 1. The molecule has 1 atom stereocenters. The summed E-state index contributed by atoms with van der Waals surface area (Å²) in [6, 6.07) is -0.113.